The van der Waals surface area contributed by atoms with E-state index in [1.165, 1.54) is 54.0 Å². The van der Waals surface area contributed by atoms with Crippen molar-refractivity contribution in [1.82, 2.24) is 14.5 Å². The summed E-state index contributed by atoms with van der Waals surface area (Å²) in [6.07, 6.45) is 2.47. The number of ketones is 1. The van der Waals surface area contributed by atoms with Gasteiger partial charge in [0.25, 0.3) is 0 Å². The second-order valence-corrected chi connectivity index (χ2v) is 10.4. The number of hydrogen-bond donors (Lipinski definition) is 1. The van der Waals surface area contributed by atoms with Gasteiger partial charge in [0, 0.05) is 57.1 Å². The maximum atomic E-state index is 12.9. The van der Waals surface area contributed by atoms with Crippen LogP contribution in [0.1, 0.15) is 35.7 Å². The normalized spacial score (nSPS) is 17.2. The molecular formula is C24H30N4O4S. The fourth-order valence-electron chi connectivity index (χ4n) is 4.23. The van der Waals surface area contributed by atoms with Crippen LogP contribution in [0.2, 0.25) is 0 Å². The molecule has 2 heterocycles. The smallest absolute Gasteiger partial charge is 0.317 e. The molecule has 2 aliphatic heterocycles. The Morgan fingerprint density at radius 1 is 0.848 bits per heavy atom. The number of rotatable bonds is 6. The van der Waals surface area contributed by atoms with E-state index in [2.05, 4.69) is 22.3 Å². The van der Waals surface area contributed by atoms with Crippen LogP contribution >= 0.6 is 0 Å². The van der Waals surface area contributed by atoms with Gasteiger partial charge in [-0.05, 0) is 49.6 Å². The van der Waals surface area contributed by atoms with E-state index in [9.17, 15) is 18.0 Å². The first kappa shape index (κ1) is 23.3. The Kier molecular flexibility index (Phi) is 6.99. The minimum Gasteiger partial charge on any atom is -0.372 e. The van der Waals surface area contributed by atoms with Crippen LogP contribution in [0.5, 0.6) is 0 Å². The monoisotopic (exact) mass is 470 g/mol. The Morgan fingerprint density at radius 2 is 1.45 bits per heavy atom. The third-order valence-corrected chi connectivity index (χ3v) is 8.19. The first-order valence-electron chi connectivity index (χ1n) is 11.3. The molecule has 0 aromatic heterocycles. The Balaban J connectivity index is 1.27. The molecule has 2 aromatic rings. The van der Waals surface area contributed by atoms with Crippen molar-refractivity contribution in [3.05, 3.63) is 59.7 Å². The van der Waals surface area contributed by atoms with Crippen LogP contribution in [0.3, 0.4) is 0 Å². The molecule has 4 rings (SSSR count). The van der Waals surface area contributed by atoms with Crippen molar-refractivity contribution in [2.45, 2.75) is 31.2 Å². The number of urea groups is 1. The third-order valence-electron chi connectivity index (χ3n) is 6.28. The molecule has 176 valence electrons. The van der Waals surface area contributed by atoms with E-state index in [1.54, 1.807) is 4.90 Å². The Bertz CT molecular complexity index is 1090. The zero-order valence-electron chi connectivity index (χ0n) is 18.9. The van der Waals surface area contributed by atoms with Gasteiger partial charge in [0.15, 0.2) is 5.78 Å². The number of carbonyl (C=O) groups excluding carboxylic acids is 2. The predicted octanol–water partition coefficient (Wildman–Crippen LogP) is 2.71. The summed E-state index contributed by atoms with van der Waals surface area (Å²) in [5.41, 5.74) is 2.72. The highest BCUT2D eigenvalue weighted by Gasteiger charge is 2.30. The molecule has 0 bridgehead atoms. The molecule has 0 unspecified atom stereocenters. The van der Waals surface area contributed by atoms with Gasteiger partial charge in [-0.15, -0.1) is 0 Å². The third kappa shape index (κ3) is 5.36. The molecule has 8 nitrogen and oxygen atoms in total. The first-order valence-corrected chi connectivity index (χ1v) is 12.8. The largest absolute Gasteiger partial charge is 0.372 e. The van der Waals surface area contributed by atoms with Gasteiger partial charge in [-0.2, -0.15) is 4.31 Å². The average molecular weight is 471 g/mol. The Labute approximate surface area is 195 Å². The molecular weight excluding hydrogens is 440 g/mol. The zero-order chi connectivity index (χ0) is 23.4. The first-order chi connectivity index (χ1) is 15.8. The summed E-state index contributed by atoms with van der Waals surface area (Å²) >= 11 is 0. The molecule has 2 aromatic carbocycles. The van der Waals surface area contributed by atoms with Gasteiger partial charge in [0.2, 0.25) is 10.0 Å². The summed E-state index contributed by atoms with van der Waals surface area (Å²) in [4.78, 5) is 28.2. The number of carbonyl (C=O) groups is 2. The summed E-state index contributed by atoms with van der Waals surface area (Å²) in [6, 6.07) is 14.0. The summed E-state index contributed by atoms with van der Waals surface area (Å²) < 4.78 is 27.2. The number of Topliss-reactive ketones (excluding diaryl/α,β-unsaturated/α-hetero) is 1. The number of sulfonamides is 1. The van der Waals surface area contributed by atoms with Crippen molar-refractivity contribution < 1.29 is 18.0 Å². The molecule has 0 spiro atoms. The summed E-state index contributed by atoms with van der Waals surface area (Å²) in [5, 5.41) is 2.93. The van der Waals surface area contributed by atoms with Crippen LogP contribution in [-0.2, 0) is 16.6 Å². The lowest BCUT2D eigenvalue weighted by atomic mass is 10.2. The summed E-state index contributed by atoms with van der Waals surface area (Å²) in [7, 11) is -3.66. The van der Waals surface area contributed by atoms with Crippen molar-refractivity contribution in [3.63, 3.8) is 0 Å². The van der Waals surface area contributed by atoms with Gasteiger partial charge < -0.3 is 15.1 Å². The molecule has 0 radical (unpaired) electrons. The van der Waals surface area contributed by atoms with E-state index in [1.807, 2.05) is 12.1 Å². The van der Waals surface area contributed by atoms with E-state index < -0.39 is 10.0 Å². The van der Waals surface area contributed by atoms with Crippen molar-refractivity contribution >= 4 is 27.5 Å². The van der Waals surface area contributed by atoms with Gasteiger partial charge in [0.1, 0.15) is 0 Å². The predicted molar refractivity (Wildman–Crippen MR) is 127 cm³/mol. The van der Waals surface area contributed by atoms with E-state index in [0.29, 0.717) is 25.2 Å². The molecule has 2 saturated heterocycles. The lowest BCUT2D eigenvalue weighted by Gasteiger charge is -2.34. The van der Waals surface area contributed by atoms with Crippen LogP contribution in [0.4, 0.5) is 10.5 Å². The quantitative estimate of drug-likeness (QED) is 0.656. The number of nitrogens with one attached hydrogen (secondary N) is 1. The van der Waals surface area contributed by atoms with E-state index in [0.717, 1.165) is 18.7 Å². The van der Waals surface area contributed by atoms with Gasteiger partial charge in [-0.1, -0.05) is 24.3 Å². The fourth-order valence-corrected chi connectivity index (χ4v) is 5.65. The number of piperazine rings is 1. The molecule has 0 atom stereocenters. The fraction of sp³-hybridized carbons (Fsp3) is 0.417. The number of benzene rings is 2. The molecule has 2 aliphatic rings. The van der Waals surface area contributed by atoms with Crippen molar-refractivity contribution in [2.24, 2.45) is 0 Å². The number of amides is 2. The van der Waals surface area contributed by atoms with Crippen LogP contribution in [-0.4, -0.2) is 68.7 Å². The minimum absolute atomic E-state index is 0.110. The number of hydrogen-bond acceptors (Lipinski definition) is 5. The van der Waals surface area contributed by atoms with Gasteiger partial charge >= 0.3 is 6.03 Å². The SMILES string of the molecule is CC(=O)c1ccc(S(=O)(=O)N2CCN(C(=O)NCc3ccc(N4CCCC4)cc3)CC2)cc1. The highest BCUT2D eigenvalue weighted by Crippen LogP contribution is 2.21. The van der Waals surface area contributed by atoms with Crippen molar-refractivity contribution in [1.29, 1.82) is 0 Å². The maximum Gasteiger partial charge on any atom is 0.317 e. The van der Waals surface area contributed by atoms with Gasteiger partial charge in [0.05, 0.1) is 4.90 Å². The Morgan fingerprint density at radius 3 is 2.03 bits per heavy atom. The Hall–Kier alpha value is -2.91. The second-order valence-electron chi connectivity index (χ2n) is 8.49. The van der Waals surface area contributed by atoms with E-state index in [4.69, 9.17) is 0 Å². The van der Waals surface area contributed by atoms with Crippen LogP contribution < -0.4 is 10.2 Å². The lowest BCUT2D eigenvalue weighted by molar-refractivity contribution is 0.101. The topological polar surface area (TPSA) is 90.0 Å². The molecule has 9 heteroatoms. The van der Waals surface area contributed by atoms with Crippen molar-refractivity contribution in [2.75, 3.05) is 44.2 Å². The maximum absolute atomic E-state index is 12.9. The summed E-state index contributed by atoms with van der Waals surface area (Å²) in [6.45, 7) is 5.18. The summed E-state index contributed by atoms with van der Waals surface area (Å²) in [5.74, 6) is -0.110. The molecule has 1 N–H and O–H groups in total. The highest BCUT2D eigenvalue weighted by molar-refractivity contribution is 7.89. The molecule has 0 aliphatic carbocycles. The second kappa shape index (κ2) is 9.93. The van der Waals surface area contributed by atoms with Crippen LogP contribution in [0.15, 0.2) is 53.4 Å². The van der Waals surface area contributed by atoms with Gasteiger partial charge in [-0.3, -0.25) is 4.79 Å². The number of anilines is 1. The number of nitrogens with zero attached hydrogens (tertiary/aromatic N) is 3. The molecule has 0 saturated carbocycles. The molecule has 2 amide bonds. The van der Waals surface area contributed by atoms with Crippen molar-refractivity contribution in [3.8, 4) is 0 Å². The molecule has 33 heavy (non-hydrogen) atoms. The van der Waals surface area contributed by atoms with Gasteiger partial charge in [-0.25, -0.2) is 13.2 Å². The van der Waals surface area contributed by atoms with E-state index in [-0.39, 0.29) is 29.8 Å². The highest BCUT2D eigenvalue weighted by atomic mass is 32.2. The minimum atomic E-state index is -3.66. The lowest BCUT2D eigenvalue weighted by Crippen LogP contribution is -2.52. The van der Waals surface area contributed by atoms with E-state index >= 15 is 0 Å². The average Bonchev–Trinajstić information content (AvgIpc) is 3.38. The van der Waals surface area contributed by atoms with Crippen LogP contribution in [0, 0.1) is 0 Å². The standard InChI is InChI=1S/C24H30N4O4S/c1-19(29)21-6-10-23(11-7-21)33(31,32)28-16-14-27(15-17-28)24(30)25-18-20-4-8-22(9-5-20)26-12-2-3-13-26/h4-11H,2-3,12-18H2,1H3,(H,25,30). The zero-order valence-corrected chi connectivity index (χ0v) is 19.7. The molecule has 2 fully saturated rings. The van der Waals surface area contributed by atoms with Crippen LogP contribution in [0.25, 0.3) is 0 Å².